The number of halogens is 1. The summed E-state index contributed by atoms with van der Waals surface area (Å²) in [5, 5.41) is 10.3. The maximum Gasteiger partial charge on any atom is 0.0956 e. The van der Waals surface area contributed by atoms with Crippen LogP contribution < -0.4 is 0 Å². The van der Waals surface area contributed by atoms with Crippen molar-refractivity contribution >= 4 is 22.9 Å². The molecule has 4 heteroatoms. The van der Waals surface area contributed by atoms with Crippen molar-refractivity contribution in [1.29, 1.82) is 0 Å². The van der Waals surface area contributed by atoms with E-state index in [9.17, 15) is 0 Å². The molecule has 3 rings (SSSR count). The van der Waals surface area contributed by atoms with Crippen LogP contribution in [-0.4, -0.2) is 10.2 Å². The molecule has 3 aromatic rings. The summed E-state index contributed by atoms with van der Waals surface area (Å²) in [6, 6.07) is 11.9. The molecule has 0 spiro atoms. The monoisotopic (exact) mass is 274 g/mol. The summed E-state index contributed by atoms with van der Waals surface area (Å²) in [4.78, 5) is 1.21. The van der Waals surface area contributed by atoms with Gasteiger partial charge >= 0.3 is 0 Å². The van der Waals surface area contributed by atoms with Gasteiger partial charge in [-0.3, -0.25) is 5.10 Å². The predicted molar refractivity (Wildman–Crippen MR) is 77.1 cm³/mol. The first kappa shape index (κ1) is 11.5. The second kappa shape index (κ2) is 4.59. The van der Waals surface area contributed by atoms with E-state index in [-0.39, 0.29) is 0 Å². The predicted octanol–water partition coefficient (Wildman–Crippen LogP) is 4.77. The average molecular weight is 275 g/mol. The lowest BCUT2D eigenvalue weighted by molar-refractivity contribution is 1.10. The minimum absolute atomic E-state index is 0.741. The van der Waals surface area contributed by atoms with Crippen LogP contribution in [0.5, 0.6) is 0 Å². The maximum absolute atomic E-state index is 5.90. The van der Waals surface area contributed by atoms with Crippen LogP contribution in [0.25, 0.3) is 21.8 Å². The van der Waals surface area contributed by atoms with Gasteiger partial charge in [0.2, 0.25) is 0 Å². The highest BCUT2D eigenvalue weighted by molar-refractivity contribution is 7.13. The summed E-state index contributed by atoms with van der Waals surface area (Å²) >= 11 is 7.61. The lowest BCUT2D eigenvalue weighted by Crippen LogP contribution is -1.80. The molecular weight excluding hydrogens is 264 g/mol. The lowest BCUT2D eigenvalue weighted by atomic mass is 10.1. The number of aromatic nitrogens is 2. The molecule has 0 fully saturated rings. The molecule has 1 N–H and O–H groups in total. The number of thiophene rings is 1. The van der Waals surface area contributed by atoms with E-state index in [2.05, 4.69) is 28.6 Å². The van der Waals surface area contributed by atoms with E-state index in [4.69, 9.17) is 11.6 Å². The van der Waals surface area contributed by atoms with Gasteiger partial charge in [0.05, 0.1) is 16.3 Å². The zero-order valence-corrected chi connectivity index (χ0v) is 11.3. The molecule has 0 radical (unpaired) electrons. The molecule has 0 aliphatic rings. The van der Waals surface area contributed by atoms with Crippen LogP contribution in [0.2, 0.25) is 5.02 Å². The molecule has 0 saturated carbocycles. The van der Waals surface area contributed by atoms with Crippen LogP contribution >= 0.6 is 22.9 Å². The molecule has 0 saturated heterocycles. The molecule has 0 aliphatic heterocycles. The zero-order valence-electron chi connectivity index (χ0n) is 9.77. The van der Waals surface area contributed by atoms with Crippen LogP contribution in [0, 0.1) is 6.92 Å². The largest absolute Gasteiger partial charge is 0.276 e. The van der Waals surface area contributed by atoms with E-state index < -0.39 is 0 Å². The molecule has 2 aromatic heterocycles. The second-order valence-corrected chi connectivity index (χ2v) is 5.44. The Morgan fingerprint density at radius 3 is 2.61 bits per heavy atom. The minimum Gasteiger partial charge on any atom is -0.276 e. The molecule has 1 aromatic carbocycles. The Balaban J connectivity index is 2.07. The number of nitrogens with one attached hydrogen (secondary N) is 1. The van der Waals surface area contributed by atoms with Crippen LogP contribution in [0.15, 0.2) is 41.8 Å². The fraction of sp³-hybridized carbons (Fsp3) is 0.0714. The van der Waals surface area contributed by atoms with Gasteiger partial charge in [-0.05, 0) is 30.5 Å². The summed E-state index contributed by atoms with van der Waals surface area (Å²) < 4.78 is 0. The summed E-state index contributed by atoms with van der Waals surface area (Å²) in [6.45, 7) is 2.09. The Labute approximate surface area is 114 Å². The Morgan fingerprint density at radius 1 is 1.17 bits per heavy atom. The summed E-state index contributed by atoms with van der Waals surface area (Å²) in [6.07, 6.45) is 0. The molecule has 2 nitrogen and oxygen atoms in total. The fourth-order valence-corrected chi connectivity index (χ4v) is 2.85. The summed E-state index contributed by atoms with van der Waals surface area (Å²) in [5.74, 6) is 0. The van der Waals surface area contributed by atoms with Crippen molar-refractivity contribution in [2.24, 2.45) is 0 Å². The van der Waals surface area contributed by atoms with E-state index in [0.29, 0.717) is 0 Å². The van der Waals surface area contributed by atoms with Gasteiger partial charge in [0.25, 0.3) is 0 Å². The molecule has 18 heavy (non-hydrogen) atoms. The minimum atomic E-state index is 0.741. The van der Waals surface area contributed by atoms with E-state index in [1.165, 1.54) is 10.4 Å². The van der Waals surface area contributed by atoms with Crippen LogP contribution in [0.1, 0.15) is 5.56 Å². The number of aromatic amines is 1. The van der Waals surface area contributed by atoms with E-state index in [1.807, 2.05) is 30.3 Å². The first-order chi connectivity index (χ1) is 8.75. The first-order valence-electron chi connectivity index (χ1n) is 5.60. The fourth-order valence-electron chi connectivity index (χ4n) is 1.95. The maximum atomic E-state index is 5.90. The van der Waals surface area contributed by atoms with Crippen LogP contribution in [0.3, 0.4) is 0 Å². The Hall–Kier alpha value is -1.58. The van der Waals surface area contributed by atoms with Crippen molar-refractivity contribution in [2.75, 3.05) is 0 Å². The smallest absolute Gasteiger partial charge is 0.0956 e. The Kier molecular flexibility index (Phi) is 2.94. The van der Waals surface area contributed by atoms with Crippen molar-refractivity contribution in [3.05, 3.63) is 52.4 Å². The van der Waals surface area contributed by atoms with Crippen LogP contribution in [-0.2, 0) is 0 Å². The van der Waals surface area contributed by atoms with Gasteiger partial charge in [0.15, 0.2) is 0 Å². The number of H-pyrrole nitrogens is 1. The highest BCUT2D eigenvalue weighted by atomic mass is 35.5. The SMILES string of the molecule is Cc1c(-c2ccc(Cl)cc2)n[nH]c1-c1cccs1. The topological polar surface area (TPSA) is 28.7 Å². The zero-order chi connectivity index (χ0) is 12.5. The molecule has 90 valence electrons. The summed E-state index contributed by atoms with van der Waals surface area (Å²) in [5.41, 5.74) is 4.32. The quantitative estimate of drug-likeness (QED) is 0.717. The second-order valence-electron chi connectivity index (χ2n) is 4.06. The van der Waals surface area contributed by atoms with Crippen molar-refractivity contribution in [3.8, 4) is 21.8 Å². The van der Waals surface area contributed by atoms with E-state index in [0.717, 1.165) is 22.0 Å². The molecule has 0 atom stereocenters. The number of hydrogen-bond donors (Lipinski definition) is 1. The van der Waals surface area contributed by atoms with Crippen molar-refractivity contribution < 1.29 is 0 Å². The molecule has 0 bridgehead atoms. The third-order valence-electron chi connectivity index (χ3n) is 2.89. The average Bonchev–Trinajstić information content (AvgIpc) is 2.99. The van der Waals surface area contributed by atoms with Crippen molar-refractivity contribution in [2.45, 2.75) is 6.92 Å². The van der Waals surface area contributed by atoms with Gasteiger partial charge in [-0.15, -0.1) is 11.3 Å². The lowest BCUT2D eigenvalue weighted by Gasteiger charge is -1.99. The highest BCUT2D eigenvalue weighted by Crippen LogP contribution is 2.32. The van der Waals surface area contributed by atoms with Gasteiger partial charge < -0.3 is 0 Å². The number of nitrogens with zero attached hydrogens (tertiary/aromatic N) is 1. The first-order valence-corrected chi connectivity index (χ1v) is 6.86. The van der Waals surface area contributed by atoms with Crippen molar-refractivity contribution in [3.63, 3.8) is 0 Å². The number of benzene rings is 1. The normalized spacial score (nSPS) is 10.8. The number of rotatable bonds is 2. The molecule has 2 heterocycles. The molecule has 0 amide bonds. The standard InChI is InChI=1S/C14H11ClN2S/c1-9-13(10-4-6-11(15)7-5-10)16-17-14(9)12-3-2-8-18-12/h2-8H,1H3,(H,16,17). The van der Waals surface area contributed by atoms with Gasteiger partial charge in [0.1, 0.15) is 0 Å². The Bertz CT molecular complexity index is 654. The molecule has 0 aliphatic carbocycles. The van der Waals surface area contributed by atoms with Gasteiger partial charge in [0, 0.05) is 16.1 Å². The van der Waals surface area contributed by atoms with E-state index in [1.54, 1.807) is 11.3 Å². The Morgan fingerprint density at radius 2 is 1.94 bits per heavy atom. The molecular formula is C14H11ClN2S. The van der Waals surface area contributed by atoms with Gasteiger partial charge in [-0.1, -0.05) is 29.8 Å². The van der Waals surface area contributed by atoms with Gasteiger partial charge in [-0.2, -0.15) is 5.10 Å². The highest BCUT2D eigenvalue weighted by Gasteiger charge is 2.12. The molecule has 0 unspecified atom stereocenters. The van der Waals surface area contributed by atoms with Crippen molar-refractivity contribution in [1.82, 2.24) is 10.2 Å². The third-order valence-corrected chi connectivity index (χ3v) is 4.03. The van der Waals surface area contributed by atoms with E-state index >= 15 is 0 Å². The van der Waals surface area contributed by atoms with Crippen LogP contribution in [0.4, 0.5) is 0 Å². The van der Waals surface area contributed by atoms with Gasteiger partial charge in [-0.25, -0.2) is 0 Å². The summed E-state index contributed by atoms with van der Waals surface area (Å²) in [7, 11) is 0. The third kappa shape index (κ3) is 1.96. The number of hydrogen-bond acceptors (Lipinski definition) is 2.